The molecule has 0 spiro atoms. The first kappa shape index (κ1) is 15.7. The summed E-state index contributed by atoms with van der Waals surface area (Å²) in [4.78, 5) is 17.7. The van der Waals surface area contributed by atoms with Gasteiger partial charge in [0.05, 0.1) is 5.75 Å². The Morgan fingerprint density at radius 2 is 1.95 bits per heavy atom. The molecule has 1 aliphatic heterocycles. The summed E-state index contributed by atoms with van der Waals surface area (Å²) in [5.41, 5.74) is 0. The fourth-order valence-corrected chi connectivity index (χ4v) is 3.38. The zero-order valence-electron chi connectivity index (χ0n) is 11.6. The predicted molar refractivity (Wildman–Crippen MR) is 85.5 cm³/mol. The number of amides is 1. The van der Waals surface area contributed by atoms with E-state index in [1.165, 1.54) is 0 Å². The van der Waals surface area contributed by atoms with Crippen LogP contribution >= 0.6 is 23.4 Å². The molecule has 0 atom stereocenters. The molecule has 0 aromatic heterocycles. The average molecular weight is 313 g/mol. The van der Waals surface area contributed by atoms with Crippen molar-refractivity contribution in [3.63, 3.8) is 0 Å². The van der Waals surface area contributed by atoms with Crippen molar-refractivity contribution in [3.05, 3.63) is 30.3 Å². The van der Waals surface area contributed by atoms with Gasteiger partial charge in [-0.15, -0.1) is 23.4 Å². The Morgan fingerprint density at radius 3 is 2.70 bits per heavy atom. The summed E-state index contributed by atoms with van der Waals surface area (Å²) < 4.78 is 0. The molecule has 1 fully saturated rings. The second-order valence-electron chi connectivity index (χ2n) is 4.87. The third-order valence-electron chi connectivity index (χ3n) is 3.45. The van der Waals surface area contributed by atoms with E-state index in [1.54, 1.807) is 11.8 Å². The molecule has 0 radical (unpaired) electrons. The van der Waals surface area contributed by atoms with Gasteiger partial charge in [-0.05, 0) is 25.1 Å². The zero-order chi connectivity index (χ0) is 14.2. The van der Waals surface area contributed by atoms with Crippen LogP contribution in [0.25, 0.3) is 0 Å². The molecule has 1 heterocycles. The van der Waals surface area contributed by atoms with E-state index < -0.39 is 0 Å². The first-order valence-corrected chi connectivity index (χ1v) is 8.55. The van der Waals surface area contributed by atoms with E-state index in [2.05, 4.69) is 4.90 Å². The van der Waals surface area contributed by atoms with Gasteiger partial charge in [-0.25, -0.2) is 0 Å². The smallest absolute Gasteiger partial charge is 0.232 e. The van der Waals surface area contributed by atoms with Gasteiger partial charge in [0.2, 0.25) is 5.91 Å². The summed E-state index contributed by atoms with van der Waals surface area (Å²) in [5, 5.41) is 0. The lowest BCUT2D eigenvalue weighted by atomic mass is 10.4. The van der Waals surface area contributed by atoms with Gasteiger partial charge in [-0.2, -0.15) is 0 Å². The van der Waals surface area contributed by atoms with Crippen LogP contribution in [0.2, 0.25) is 0 Å². The van der Waals surface area contributed by atoms with Crippen molar-refractivity contribution in [1.82, 2.24) is 9.80 Å². The van der Waals surface area contributed by atoms with Gasteiger partial charge in [-0.3, -0.25) is 4.79 Å². The summed E-state index contributed by atoms with van der Waals surface area (Å²) in [6, 6.07) is 10.1. The van der Waals surface area contributed by atoms with Crippen molar-refractivity contribution in [3.8, 4) is 0 Å². The molecular formula is C15H21ClN2OS. The second-order valence-corrected chi connectivity index (χ2v) is 6.29. The molecule has 0 bridgehead atoms. The second kappa shape index (κ2) is 8.55. The average Bonchev–Trinajstić information content (AvgIpc) is 2.72. The molecule has 20 heavy (non-hydrogen) atoms. The quantitative estimate of drug-likeness (QED) is 0.617. The van der Waals surface area contributed by atoms with E-state index in [-0.39, 0.29) is 5.91 Å². The minimum atomic E-state index is 0.242. The van der Waals surface area contributed by atoms with Crippen molar-refractivity contribution < 1.29 is 4.79 Å². The summed E-state index contributed by atoms with van der Waals surface area (Å²) in [6.07, 6.45) is 1.04. The number of rotatable bonds is 5. The molecule has 3 nitrogen and oxygen atoms in total. The van der Waals surface area contributed by atoms with Crippen LogP contribution in [0.4, 0.5) is 0 Å². The lowest BCUT2D eigenvalue weighted by Gasteiger charge is -2.21. The first-order chi connectivity index (χ1) is 9.79. The molecule has 0 N–H and O–H groups in total. The van der Waals surface area contributed by atoms with E-state index in [0.29, 0.717) is 11.6 Å². The highest BCUT2D eigenvalue weighted by molar-refractivity contribution is 8.00. The maximum absolute atomic E-state index is 12.2. The largest absolute Gasteiger partial charge is 0.341 e. The van der Waals surface area contributed by atoms with E-state index >= 15 is 0 Å². The molecular weight excluding hydrogens is 292 g/mol. The summed E-state index contributed by atoms with van der Waals surface area (Å²) in [5.74, 6) is 1.43. The number of nitrogens with zero attached hydrogens (tertiary/aromatic N) is 2. The number of carbonyl (C=O) groups excluding carboxylic acids is 1. The van der Waals surface area contributed by atoms with Crippen LogP contribution in [0.5, 0.6) is 0 Å². The minimum Gasteiger partial charge on any atom is -0.341 e. The van der Waals surface area contributed by atoms with E-state index in [0.717, 1.165) is 44.0 Å². The number of carbonyl (C=O) groups is 1. The molecule has 0 saturated carbocycles. The summed E-state index contributed by atoms with van der Waals surface area (Å²) in [6.45, 7) is 4.59. The van der Waals surface area contributed by atoms with Crippen LogP contribution in [0.3, 0.4) is 0 Å². The summed E-state index contributed by atoms with van der Waals surface area (Å²) >= 11 is 7.39. The van der Waals surface area contributed by atoms with Crippen LogP contribution in [0.15, 0.2) is 35.2 Å². The fraction of sp³-hybridized carbons (Fsp3) is 0.533. The highest BCUT2D eigenvalue weighted by Gasteiger charge is 2.18. The van der Waals surface area contributed by atoms with Crippen molar-refractivity contribution in [2.75, 3.05) is 44.4 Å². The SMILES string of the molecule is O=C(CSc1ccccc1)N1CCCN(CCCl)CC1. The monoisotopic (exact) mass is 312 g/mol. The Hall–Kier alpha value is -0.710. The molecule has 1 amide bonds. The fourth-order valence-electron chi connectivity index (χ4n) is 2.32. The van der Waals surface area contributed by atoms with E-state index in [1.807, 2.05) is 35.2 Å². The number of benzene rings is 1. The topological polar surface area (TPSA) is 23.6 Å². The maximum Gasteiger partial charge on any atom is 0.232 e. The van der Waals surface area contributed by atoms with Crippen molar-refractivity contribution >= 4 is 29.3 Å². The molecule has 0 unspecified atom stereocenters. The van der Waals surface area contributed by atoms with Crippen LogP contribution in [-0.2, 0) is 4.79 Å². The first-order valence-electron chi connectivity index (χ1n) is 7.03. The van der Waals surface area contributed by atoms with Crippen LogP contribution in [-0.4, -0.2) is 60.1 Å². The zero-order valence-corrected chi connectivity index (χ0v) is 13.2. The number of halogens is 1. The standard InChI is InChI=1S/C15H21ClN2OS/c16-7-10-17-8-4-9-18(12-11-17)15(19)13-20-14-5-2-1-3-6-14/h1-3,5-6H,4,7-13H2. The van der Waals surface area contributed by atoms with Crippen LogP contribution in [0, 0.1) is 0 Å². The van der Waals surface area contributed by atoms with Crippen LogP contribution < -0.4 is 0 Å². The van der Waals surface area contributed by atoms with Crippen molar-refractivity contribution in [2.45, 2.75) is 11.3 Å². The Morgan fingerprint density at radius 1 is 1.15 bits per heavy atom. The van der Waals surface area contributed by atoms with Gasteiger partial charge in [-0.1, -0.05) is 18.2 Å². The van der Waals surface area contributed by atoms with E-state index in [4.69, 9.17) is 11.6 Å². The number of alkyl halides is 1. The maximum atomic E-state index is 12.2. The summed E-state index contributed by atoms with van der Waals surface area (Å²) in [7, 11) is 0. The molecule has 5 heteroatoms. The van der Waals surface area contributed by atoms with Gasteiger partial charge in [0.25, 0.3) is 0 Å². The molecule has 0 aliphatic carbocycles. The van der Waals surface area contributed by atoms with Crippen molar-refractivity contribution in [1.29, 1.82) is 0 Å². The Bertz CT molecular complexity index is 416. The lowest BCUT2D eigenvalue weighted by molar-refractivity contribution is -0.128. The van der Waals surface area contributed by atoms with Gasteiger partial charge in [0.15, 0.2) is 0 Å². The molecule has 1 aliphatic rings. The van der Waals surface area contributed by atoms with Gasteiger partial charge < -0.3 is 9.80 Å². The number of thioether (sulfide) groups is 1. The molecule has 1 aromatic carbocycles. The van der Waals surface area contributed by atoms with Crippen molar-refractivity contribution in [2.24, 2.45) is 0 Å². The third kappa shape index (κ3) is 5.00. The third-order valence-corrected chi connectivity index (χ3v) is 4.61. The Balaban J connectivity index is 1.77. The highest BCUT2D eigenvalue weighted by atomic mass is 35.5. The molecule has 1 saturated heterocycles. The lowest BCUT2D eigenvalue weighted by Crippen LogP contribution is -2.36. The molecule has 110 valence electrons. The normalized spacial score (nSPS) is 16.9. The van der Waals surface area contributed by atoms with E-state index in [9.17, 15) is 4.79 Å². The van der Waals surface area contributed by atoms with Gasteiger partial charge >= 0.3 is 0 Å². The molecule has 2 rings (SSSR count). The predicted octanol–water partition coefficient (Wildman–Crippen LogP) is 2.55. The minimum absolute atomic E-state index is 0.242. The number of hydrogen-bond donors (Lipinski definition) is 0. The highest BCUT2D eigenvalue weighted by Crippen LogP contribution is 2.17. The van der Waals surface area contributed by atoms with Gasteiger partial charge in [0.1, 0.15) is 0 Å². The Labute approximate surface area is 130 Å². The Kier molecular flexibility index (Phi) is 6.70. The molecule has 1 aromatic rings. The van der Waals surface area contributed by atoms with Gasteiger partial charge in [0, 0.05) is 37.0 Å². The van der Waals surface area contributed by atoms with Crippen LogP contribution in [0.1, 0.15) is 6.42 Å². The number of hydrogen-bond acceptors (Lipinski definition) is 3.